The van der Waals surface area contributed by atoms with Gasteiger partial charge in [-0.3, -0.25) is 0 Å². The lowest BCUT2D eigenvalue weighted by atomic mass is 10.1. The Bertz CT molecular complexity index is 544. The number of benzene rings is 1. The van der Waals surface area contributed by atoms with Crippen LogP contribution in [0.25, 0.3) is 0 Å². The average Bonchev–Trinajstić information content (AvgIpc) is 2.80. The van der Waals surface area contributed by atoms with Crippen LogP contribution in [0.5, 0.6) is 0 Å². The van der Waals surface area contributed by atoms with Crippen LogP contribution in [0.4, 0.5) is 4.39 Å². The summed E-state index contributed by atoms with van der Waals surface area (Å²) in [4.78, 5) is 4.25. The molecule has 0 aliphatic carbocycles. The van der Waals surface area contributed by atoms with E-state index in [4.69, 9.17) is 16.1 Å². The van der Waals surface area contributed by atoms with Crippen LogP contribution in [0, 0.1) is 5.82 Å². The summed E-state index contributed by atoms with van der Waals surface area (Å²) in [5.74, 6) is 0.688. The molecule has 0 aliphatic heterocycles. The van der Waals surface area contributed by atoms with Crippen LogP contribution in [0.2, 0.25) is 5.02 Å². The van der Waals surface area contributed by atoms with Crippen molar-refractivity contribution in [3.63, 3.8) is 0 Å². The zero-order chi connectivity index (χ0) is 13.1. The standard InChI is InChI=1S/C12H13ClFN3O/c1-7(15-2)12-16-11(17-18-12)5-8-3-4-9(14)6-10(8)13/h3-4,6-7,15H,5H2,1-2H3. The molecule has 6 heteroatoms. The second-order valence-corrected chi connectivity index (χ2v) is 4.38. The van der Waals surface area contributed by atoms with E-state index in [2.05, 4.69) is 15.5 Å². The van der Waals surface area contributed by atoms with Crippen molar-refractivity contribution in [1.82, 2.24) is 15.5 Å². The Labute approximate surface area is 109 Å². The zero-order valence-electron chi connectivity index (χ0n) is 10.1. The van der Waals surface area contributed by atoms with E-state index in [1.807, 2.05) is 14.0 Å². The van der Waals surface area contributed by atoms with E-state index in [9.17, 15) is 4.39 Å². The van der Waals surface area contributed by atoms with E-state index < -0.39 is 0 Å². The largest absolute Gasteiger partial charge is 0.338 e. The van der Waals surface area contributed by atoms with Crippen LogP contribution in [0.15, 0.2) is 22.7 Å². The van der Waals surface area contributed by atoms with Crippen molar-refractivity contribution in [2.24, 2.45) is 0 Å². The number of halogens is 2. The minimum absolute atomic E-state index is 0.00469. The van der Waals surface area contributed by atoms with Gasteiger partial charge in [0, 0.05) is 11.4 Å². The first kappa shape index (κ1) is 13.0. The van der Waals surface area contributed by atoms with Crippen molar-refractivity contribution in [1.29, 1.82) is 0 Å². The van der Waals surface area contributed by atoms with Gasteiger partial charge in [-0.05, 0) is 31.7 Å². The van der Waals surface area contributed by atoms with E-state index in [0.717, 1.165) is 5.56 Å². The fourth-order valence-corrected chi connectivity index (χ4v) is 1.71. The van der Waals surface area contributed by atoms with Gasteiger partial charge >= 0.3 is 0 Å². The van der Waals surface area contributed by atoms with Gasteiger partial charge in [0.25, 0.3) is 0 Å². The van der Waals surface area contributed by atoms with Crippen molar-refractivity contribution in [3.05, 3.63) is 46.3 Å². The molecule has 1 N–H and O–H groups in total. The number of rotatable bonds is 4. The summed E-state index contributed by atoms with van der Waals surface area (Å²) in [6.07, 6.45) is 0.416. The Balaban J connectivity index is 2.16. The molecule has 0 fully saturated rings. The Hall–Kier alpha value is -1.46. The molecule has 0 spiro atoms. The van der Waals surface area contributed by atoms with Crippen LogP contribution in [0.1, 0.15) is 30.2 Å². The summed E-state index contributed by atoms with van der Waals surface area (Å²) < 4.78 is 18.0. The number of hydrogen-bond acceptors (Lipinski definition) is 4. The number of nitrogens with zero attached hydrogens (tertiary/aromatic N) is 2. The summed E-state index contributed by atoms with van der Waals surface area (Å²) in [7, 11) is 1.81. The van der Waals surface area contributed by atoms with E-state index in [1.165, 1.54) is 12.1 Å². The summed E-state index contributed by atoms with van der Waals surface area (Å²) in [6.45, 7) is 1.92. The van der Waals surface area contributed by atoms with Crippen molar-refractivity contribution < 1.29 is 8.91 Å². The fraction of sp³-hybridized carbons (Fsp3) is 0.333. The smallest absolute Gasteiger partial charge is 0.243 e. The first-order chi connectivity index (χ1) is 8.60. The molecular weight excluding hydrogens is 257 g/mol. The molecular formula is C12H13ClFN3O. The highest BCUT2D eigenvalue weighted by molar-refractivity contribution is 6.31. The van der Waals surface area contributed by atoms with Crippen LogP contribution in [-0.4, -0.2) is 17.2 Å². The molecule has 0 bridgehead atoms. The maximum absolute atomic E-state index is 12.9. The van der Waals surface area contributed by atoms with E-state index in [-0.39, 0.29) is 11.9 Å². The second kappa shape index (κ2) is 5.46. The normalized spacial score (nSPS) is 12.7. The van der Waals surface area contributed by atoms with Crippen molar-refractivity contribution in [3.8, 4) is 0 Å². The van der Waals surface area contributed by atoms with Gasteiger partial charge in [0.1, 0.15) is 5.82 Å². The van der Waals surface area contributed by atoms with E-state index in [0.29, 0.717) is 23.2 Å². The molecule has 2 aromatic rings. The topological polar surface area (TPSA) is 51.0 Å². The molecule has 1 aromatic heterocycles. The Morgan fingerprint density at radius 1 is 1.50 bits per heavy atom. The van der Waals surface area contributed by atoms with Crippen LogP contribution in [0.3, 0.4) is 0 Å². The average molecular weight is 270 g/mol. The predicted molar refractivity (Wildman–Crippen MR) is 66.0 cm³/mol. The highest BCUT2D eigenvalue weighted by Gasteiger charge is 2.13. The quantitative estimate of drug-likeness (QED) is 0.927. The Morgan fingerprint density at radius 2 is 2.28 bits per heavy atom. The summed E-state index contributed by atoms with van der Waals surface area (Å²) >= 11 is 5.94. The van der Waals surface area contributed by atoms with Gasteiger partial charge in [-0.25, -0.2) is 4.39 Å². The maximum Gasteiger partial charge on any atom is 0.243 e. The van der Waals surface area contributed by atoms with Gasteiger partial charge in [-0.2, -0.15) is 4.98 Å². The molecule has 0 aliphatic rings. The van der Waals surface area contributed by atoms with Gasteiger partial charge in [-0.15, -0.1) is 0 Å². The molecule has 1 unspecified atom stereocenters. The van der Waals surface area contributed by atoms with Gasteiger partial charge in [-0.1, -0.05) is 22.8 Å². The molecule has 0 radical (unpaired) electrons. The Morgan fingerprint density at radius 3 is 2.94 bits per heavy atom. The first-order valence-corrected chi connectivity index (χ1v) is 5.91. The van der Waals surface area contributed by atoms with Crippen molar-refractivity contribution in [2.75, 3.05) is 7.05 Å². The highest BCUT2D eigenvalue weighted by atomic mass is 35.5. The SMILES string of the molecule is CNC(C)c1nc(Cc2ccc(F)cc2Cl)no1. The molecule has 0 saturated heterocycles. The molecule has 1 atom stereocenters. The summed E-state index contributed by atoms with van der Waals surface area (Å²) in [5, 5.41) is 7.23. The van der Waals surface area contributed by atoms with Crippen LogP contribution >= 0.6 is 11.6 Å². The third kappa shape index (κ3) is 2.86. The van der Waals surface area contributed by atoms with Crippen LogP contribution in [-0.2, 0) is 6.42 Å². The highest BCUT2D eigenvalue weighted by Crippen LogP contribution is 2.20. The monoisotopic (exact) mass is 269 g/mol. The third-order valence-corrected chi connectivity index (χ3v) is 3.00. The molecule has 1 aromatic carbocycles. The zero-order valence-corrected chi connectivity index (χ0v) is 10.8. The first-order valence-electron chi connectivity index (χ1n) is 5.54. The molecule has 96 valence electrons. The van der Waals surface area contributed by atoms with Gasteiger partial charge in [0.05, 0.1) is 6.04 Å². The molecule has 0 saturated carbocycles. The molecule has 18 heavy (non-hydrogen) atoms. The third-order valence-electron chi connectivity index (χ3n) is 2.65. The van der Waals surface area contributed by atoms with Crippen LogP contribution < -0.4 is 5.32 Å². The Kier molecular flexibility index (Phi) is 3.93. The second-order valence-electron chi connectivity index (χ2n) is 3.97. The summed E-state index contributed by atoms with van der Waals surface area (Å²) in [5.41, 5.74) is 0.766. The molecule has 2 rings (SSSR count). The molecule has 1 heterocycles. The lowest BCUT2D eigenvalue weighted by Crippen LogP contribution is -2.12. The number of aromatic nitrogens is 2. The maximum atomic E-state index is 12.9. The van der Waals surface area contributed by atoms with Gasteiger partial charge in [0.15, 0.2) is 5.82 Å². The van der Waals surface area contributed by atoms with Crippen molar-refractivity contribution >= 4 is 11.6 Å². The molecule has 0 amide bonds. The lowest BCUT2D eigenvalue weighted by molar-refractivity contribution is 0.344. The minimum Gasteiger partial charge on any atom is -0.338 e. The van der Waals surface area contributed by atoms with Crippen molar-refractivity contribution in [2.45, 2.75) is 19.4 Å². The lowest BCUT2D eigenvalue weighted by Gasteiger charge is -2.02. The van der Waals surface area contributed by atoms with Gasteiger partial charge in [0.2, 0.25) is 5.89 Å². The number of hydrogen-bond donors (Lipinski definition) is 1. The predicted octanol–water partition coefficient (Wildman–Crippen LogP) is 2.73. The summed E-state index contributed by atoms with van der Waals surface area (Å²) in [6, 6.07) is 4.25. The number of nitrogens with one attached hydrogen (secondary N) is 1. The molecule has 4 nitrogen and oxygen atoms in total. The minimum atomic E-state index is -0.360. The van der Waals surface area contributed by atoms with Gasteiger partial charge < -0.3 is 9.84 Å². The van der Waals surface area contributed by atoms with E-state index >= 15 is 0 Å². The fourth-order valence-electron chi connectivity index (χ4n) is 1.47. The van der Waals surface area contributed by atoms with E-state index in [1.54, 1.807) is 6.07 Å².